The lowest BCUT2D eigenvalue weighted by Crippen LogP contribution is -2.33. The largest absolute Gasteiger partial charge is 0.481 e. The van der Waals surface area contributed by atoms with Crippen molar-refractivity contribution in [3.05, 3.63) is 29.8 Å². The molecule has 0 saturated carbocycles. The number of hydrogen-bond acceptors (Lipinski definition) is 4. The molecule has 0 bridgehead atoms. The van der Waals surface area contributed by atoms with Gasteiger partial charge in [0.2, 0.25) is 0 Å². The number of carbonyl (C=O) groups excluding carboxylic acids is 2. The summed E-state index contributed by atoms with van der Waals surface area (Å²) in [5.41, 5.74) is 0. The van der Waals surface area contributed by atoms with Gasteiger partial charge in [-0.1, -0.05) is 0 Å². The molecule has 20 heavy (non-hydrogen) atoms. The fraction of sp³-hybridized carbons (Fsp3) is 0.385. The number of benzene rings is 1. The summed E-state index contributed by atoms with van der Waals surface area (Å²) in [5, 5.41) is 0. The third-order valence-corrected chi connectivity index (χ3v) is 2.55. The lowest BCUT2D eigenvalue weighted by molar-refractivity contribution is -0.141. The average Bonchev–Trinajstić information content (AvgIpc) is 2.42. The van der Waals surface area contributed by atoms with Crippen LogP contribution in [-0.4, -0.2) is 44.1 Å². The maximum absolute atomic E-state index is 13.3. The molecule has 0 saturated heterocycles. The van der Waals surface area contributed by atoms with Gasteiger partial charge in [-0.25, -0.2) is 8.78 Å². The Kier molecular flexibility index (Phi) is 5.89. The minimum atomic E-state index is -0.880. The number of esters is 1. The minimum absolute atomic E-state index is 0.0592. The fourth-order valence-electron chi connectivity index (χ4n) is 1.33. The molecule has 0 unspecified atom stereocenters. The van der Waals surface area contributed by atoms with Gasteiger partial charge in [0.15, 0.2) is 18.2 Å². The summed E-state index contributed by atoms with van der Waals surface area (Å²) in [6.45, 7) is -0.235. The SMILES string of the molecule is COC(=O)CCN(C)C(=O)COc1ccc(F)cc1F. The number of nitrogens with zero attached hydrogens (tertiary/aromatic N) is 1. The molecule has 0 N–H and O–H groups in total. The van der Waals surface area contributed by atoms with Crippen LogP contribution < -0.4 is 4.74 Å². The van der Waals surface area contributed by atoms with E-state index in [0.29, 0.717) is 6.07 Å². The van der Waals surface area contributed by atoms with Crippen molar-refractivity contribution in [1.29, 1.82) is 0 Å². The number of ether oxygens (including phenoxy) is 2. The standard InChI is InChI=1S/C13H15F2NO4/c1-16(6-5-13(18)19-2)12(17)8-20-11-4-3-9(14)7-10(11)15/h3-4,7H,5-6,8H2,1-2H3. The minimum Gasteiger partial charge on any atom is -0.481 e. The molecule has 0 spiro atoms. The summed E-state index contributed by atoms with van der Waals surface area (Å²) in [4.78, 5) is 23.8. The van der Waals surface area contributed by atoms with Crippen LogP contribution in [0.1, 0.15) is 6.42 Å². The number of amides is 1. The number of rotatable bonds is 6. The van der Waals surface area contributed by atoms with E-state index in [0.717, 1.165) is 12.1 Å². The zero-order chi connectivity index (χ0) is 15.1. The normalized spacial score (nSPS) is 10.0. The van der Waals surface area contributed by atoms with Gasteiger partial charge in [-0.15, -0.1) is 0 Å². The van der Waals surface area contributed by atoms with Gasteiger partial charge in [-0.2, -0.15) is 0 Å². The van der Waals surface area contributed by atoms with Crippen molar-refractivity contribution in [2.45, 2.75) is 6.42 Å². The third kappa shape index (κ3) is 4.83. The maximum atomic E-state index is 13.3. The molecular weight excluding hydrogens is 272 g/mol. The molecular formula is C13H15F2NO4. The molecule has 110 valence electrons. The zero-order valence-electron chi connectivity index (χ0n) is 11.2. The van der Waals surface area contributed by atoms with E-state index in [1.165, 1.54) is 19.1 Å². The Morgan fingerprint density at radius 2 is 2.00 bits per heavy atom. The van der Waals surface area contributed by atoms with Crippen LogP contribution in [0.2, 0.25) is 0 Å². The van der Waals surface area contributed by atoms with E-state index in [1.54, 1.807) is 0 Å². The third-order valence-electron chi connectivity index (χ3n) is 2.55. The number of carbonyl (C=O) groups is 2. The van der Waals surface area contributed by atoms with E-state index in [1.807, 2.05) is 0 Å². The second kappa shape index (κ2) is 7.42. The van der Waals surface area contributed by atoms with Crippen molar-refractivity contribution in [3.8, 4) is 5.75 Å². The molecule has 0 aliphatic heterocycles. The second-order valence-electron chi connectivity index (χ2n) is 4.00. The number of methoxy groups -OCH3 is 1. The summed E-state index contributed by atoms with van der Waals surface area (Å²) in [6.07, 6.45) is 0.0592. The molecule has 0 aromatic heterocycles. The van der Waals surface area contributed by atoms with Gasteiger partial charge in [0, 0.05) is 19.7 Å². The van der Waals surface area contributed by atoms with Gasteiger partial charge in [0.25, 0.3) is 5.91 Å². The topological polar surface area (TPSA) is 55.8 Å². The Morgan fingerprint density at radius 3 is 2.60 bits per heavy atom. The summed E-state index contributed by atoms with van der Waals surface area (Å²) in [7, 11) is 2.74. The average molecular weight is 287 g/mol. The number of halogens is 2. The number of hydrogen-bond donors (Lipinski definition) is 0. The molecule has 0 heterocycles. The monoisotopic (exact) mass is 287 g/mol. The molecule has 1 aromatic rings. The Morgan fingerprint density at radius 1 is 1.30 bits per heavy atom. The smallest absolute Gasteiger partial charge is 0.307 e. The molecule has 0 atom stereocenters. The van der Waals surface area contributed by atoms with Crippen LogP contribution in [0.15, 0.2) is 18.2 Å². The molecule has 1 aromatic carbocycles. The summed E-state index contributed by atoms with van der Waals surface area (Å²) in [5.74, 6) is -2.68. The van der Waals surface area contributed by atoms with E-state index in [2.05, 4.69) is 4.74 Å². The summed E-state index contributed by atoms with van der Waals surface area (Å²) in [6, 6.07) is 2.80. The van der Waals surface area contributed by atoms with Crippen molar-refractivity contribution in [3.63, 3.8) is 0 Å². The Labute approximate surface area is 115 Å². The molecule has 0 radical (unpaired) electrons. The fourth-order valence-corrected chi connectivity index (χ4v) is 1.33. The van der Waals surface area contributed by atoms with E-state index < -0.39 is 30.1 Å². The molecule has 1 rings (SSSR count). The first-order valence-corrected chi connectivity index (χ1v) is 5.82. The maximum Gasteiger partial charge on any atom is 0.307 e. The molecule has 0 fully saturated rings. The second-order valence-corrected chi connectivity index (χ2v) is 4.00. The van der Waals surface area contributed by atoms with E-state index in [4.69, 9.17) is 4.74 Å². The molecule has 5 nitrogen and oxygen atoms in total. The lowest BCUT2D eigenvalue weighted by atomic mass is 10.3. The van der Waals surface area contributed by atoms with Crippen LogP contribution in [0.5, 0.6) is 5.75 Å². The highest BCUT2D eigenvalue weighted by molar-refractivity contribution is 5.78. The van der Waals surface area contributed by atoms with Crippen LogP contribution in [0.4, 0.5) is 8.78 Å². The van der Waals surface area contributed by atoms with E-state index in [9.17, 15) is 18.4 Å². The Balaban J connectivity index is 2.44. The predicted molar refractivity (Wildman–Crippen MR) is 66.1 cm³/mol. The van der Waals surface area contributed by atoms with Crippen LogP contribution in [-0.2, 0) is 14.3 Å². The Hall–Kier alpha value is -2.18. The first-order chi connectivity index (χ1) is 9.43. The van der Waals surface area contributed by atoms with E-state index in [-0.39, 0.29) is 18.7 Å². The van der Waals surface area contributed by atoms with Gasteiger partial charge < -0.3 is 14.4 Å². The predicted octanol–water partition coefficient (Wildman–Crippen LogP) is 1.37. The van der Waals surface area contributed by atoms with Crippen molar-refractivity contribution in [1.82, 2.24) is 4.90 Å². The van der Waals surface area contributed by atoms with Gasteiger partial charge in [0.1, 0.15) is 5.82 Å². The van der Waals surface area contributed by atoms with Crippen LogP contribution in [0.25, 0.3) is 0 Å². The van der Waals surface area contributed by atoms with Crippen molar-refractivity contribution in [2.75, 3.05) is 27.3 Å². The van der Waals surface area contributed by atoms with Crippen molar-refractivity contribution >= 4 is 11.9 Å². The first-order valence-electron chi connectivity index (χ1n) is 5.82. The zero-order valence-corrected chi connectivity index (χ0v) is 11.2. The highest BCUT2D eigenvalue weighted by Crippen LogP contribution is 2.17. The van der Waals surface area contributed by atoms with Crippen molar-refractivity contribution in [2.24, 2.45) is 0 Å². The molecule has 1 amide bonds. The molecule has 0 aliphatic carbocycles. The lowest BCUT2D eigenvalue weighted by Gasteiger charge is -2.16. The first kappa shape index (κ1) is 15.9. The molecule has 7 heteroatoms. The summed E-state index contributed by atoms with van der Waals surface area (Å²) < 4.78 is 35.3. The van der Waals surface area contributed by atoms with Gasteiger partial charge in [-0.3, -0.25) is 9.59 Å². The number of likely N-dealkylation sites (N-methyl/N-ethyl adjacent to an activating group) is 1. The Bertz CT molecular complexity index is 493. The van der Waals surface area contributed by atoms with Gasteiger partial charge in [-0.05, 0) is 12.1 Å². The van der Waals surface area contributed by atoms with Gasteiger partial charge >= 0.3 is 5.97 Å². The van der Waals surface area contributed by atoms with Gasteiger partial charge in [0.05, 0.1) is 13.5 Å². The quantitative estimate of drug-likeness (QED) is 0.741. The van der Waals surface area contributed by atoms with E-state index >= 15 is 0 Å². The highest BCUT2D eigenvalue weighted by atomic mass is 19.1. The summed E-state index contributed by atoms with van der Waals surface area (Å²) >= 11 is 0. The van der Waals surface area contributed by atoms with Crippen LogP contribution in [0.3, 0.4) is 0 Å². The highest BCUT2D eigenvalue weighted by Gasteiger charge is 2.13. The van der Waals surface area contributed by atoms with Crippen LogP contribution in [0, 0.1) is 11.6 Å². The van der Waals surface area contributed by atoms with Crippen LogP contribution >= 0.6 is 0 Å². The van der Waals surface area contributed by atoms with Crippen molar-refractivity contribution < 1.29 is 27.8 Å². The molecule has 0 aliphatic rings.